The van der Waals surface area contributed by atoms with Gasteiger partial charge < -0.3 is 9.47 Å². The third-order valence-corrected chi connectivity index (χ3v) is 6.21. The molecule has 3 nitrogen and oxygen atoms in total. The Labute approximate surface area is 193 Å². The third-order valence-electron chi connectivity index (χ3n) is 6.21. The second kappa shape index (κ2) is 8.79. The van der Waals surface area contributed by atoms with Gasteiger partial charge in [0.15, 0.2) is 0 Å². The highest BCUT2D eigenvalue weighted by atomic mass is 16.6. The molecule has 1 aliphatic carbocycles. The van der Waals surface area contributed by atoms with Crippen molar-refractivity contribution in [2.75, 3.05) is 13.2 Å². The Morgan fingerprint density at radius 3 is 1.85 bits per heavy atom. The van der Waals surface area contributed by atoms with E-state index in [0.717, 1.165) is 11.8 Å². The topological polar surface area (TPSA) is 35.5 Å². The molecular weight excluding hydrogens is 408 g/mol. The number of carbonyl (C=O) groups is 1. The van der Waals surface area contributed by atoms with E-state index < -0.39 is 11.4 Å². The minimum absolute atomic E-state index is 0.182. The molecule has 0 unspecified atom stereocenters. The first-order valence-electron chi connectivity index (χ1n) is 11.0. The molecular formula is C30H24O3. The maximum Gasteiger partial charge on any atom is 0.330 e. The third kappa shape index (κ3) is 3.52. The fraction of sp³-hybridized carbons (Fsp3) is 0.100. The molecule has 0 aliphatic heterocycles. The van der Waals surface area contributed by atoms with Crippen LogP contribution in [0.25, 0.3) is 11.1 Å². The van der Waals surface area contributed by atoms with Crippen molar-refractivity contribution in [3.05, 3.63) is 138 Å². The molecule has 3 heteroatoms. The summed E-state index contributed by atoms with van der Waals surface area (Å²) in [6, 6.07) is 36.2. The van der Waals surface area contributed by atoms with Crippen molar-refractivity contribution in [3.63, 3.8) is 0 Å². The number of fused-ring (bicyclic) bond motifs is 3. The monoisotopic (exact) mass is 432 g/mol. The summed E-state index contributed by atoms with van der Waals surface area (Å²) in [5.41, 5.74) is 7.09. The molecule has 0 atom stereocenters. The van der Waals surface area contributed by atoms with Crippen LogP contribution < -0.4 is 4.74 Å². The molecule has 0 saturated carbocycles. The first kappa shape index (κ1) is 20.8. The van der Waals surface area contributed by atoms with E-state index in [0.29, 0.717) is 0 Å². The Morgan fingerprint density at radius 2 is 1.24 bits per heavy atom. The maximum atomic E-state index is 11.2. The summed E-state index contributed by atoms with van der Waals surface area (Å²) in [5.74, 6) is 0.286. The van der Waals surface area contributed by atoms with Crippen LogP contribution in [0.15, 0.2) is 116 Å². The van der Waals surface area contributed by atoms with Crippen molar-refractivity contribution in [1.29, 1.82) is 0 Å². The lowest BCUT2D eigenvalue weighted by Gasteiger charge is -2.33. The summed E-state index contributed by atoms with van der Waals surface area (Å²) in [7, 11) is 0. The number of ether oxygens (including phenoxy) is 2. The Kier molecular flexibility index (Phi) is 5.54. The molecule has 0 N–H and O–H groups in total. The van der Waals surface area contributed by atoms with Crippen molar-refractivity contribution in [2.45, 2.75) is 5.41 Å². The Morgan fingerprint density at radius 1 is 0.697 bits per heavy atom. The van der Waals surface area contributed by atoms with Crippen LogP contribution in [-0.2, 0) is 14.9 Å². The molecule has 5 rings (SSSR count). The Balaban J connectivity index is 1.58. The highest BCUT2D eigenvalue weighted by molar-refractivity contribution is 5.86. The van der Waals surface area contributed by atoms with Crippen LogP contribution in [0.3, 0.4) is 0 Å². The molecule has 0 aromatic heterocycles. The van der Waals surface area contributed by atoms with Crippen LogP contribution >= 0.6 is 0 Å². The summed E-state index contributed by atoms with van der Waals surface area (Å²) >= 11 is 0. The highest BCUT2D eigenvalue weighted by Crippen LogP contribution is 2.55. The van der Waals surface area contributed by atoms with Gasteiger partial charge in [0.05, 0.1) is 5.41 Å². The standard InChI is InChI=1S/C30H24O3/c1-2-29(31)33-21-20-32-24-18-16-23(17-19-24)30(22-10-4-3-5-11-22)27-14-8-6-12-25(27)26-13-7-9-15-28(26)30/h2-19H,1,20-21H2. The molecule has 162 valence electrons. The van der Waals surface area contributed by atoms with E-state index in [1.807, 2.05) is 12.1 Å². The van der Waals surface area contributed by atoms with Gasteiger partial charge in [0.1, 0.15) is 19.0 Å². The maximum absolute atomic E-state index is 11.2. The first-order valence-corrected chi connectivity index (χ1v) is 11.0. The average Bonchev–Trinajstić information content (AvgIpc) is 3.19. The normalized spacial score (nSPS) is 13.0. The molecule has 0 amide bonds. The molecule has 33 heavy (non-hydrogen) atoms. The summed E-state index contributed by atoms with van der Waals surface area (Å²) in [5, 5.41) is 0. The zero-order chi connectivity index (χ0) is 22.7. The second-order valence-electron chi connectivity index (χ2n) is 7.95. The number of carbonyl (C=O) groups excluding carboxylic acids is 1. The summed E-state index contributed by atoms with van der Waals surface area (Å²) in [6.07, 6.45) is 1.15. The predicted molar refractivity (Wildman–Crippen MR) is 130 cm³/mol. The second-order valence-corrected chi connectivity index (χ2v) is 7.95. The van der Waals surface area contributed by atoms with Crippen LogP contribution in [-0.4, -0.2) is 19.2 Å². The molecule has 0 radical (unpaired) electrons. The van der Waals surface area contributed by atoms with E-state index >= 15 is 0 Å². The van der Waals surface area contributed by atoms with E-state index in [1.54, 1.807) is 0 Å². The van der Waals surface area contributed by atoms with Crippen LogP contribution in [0, 0.1) is 0 Å². The number of hydrogen-bond donors (Lipinski definition) is 0. The Hall–Kier alpha value is -4.11. The van der Waals surface area contributed by atoms with Gasteiger partial charge in [0.25, 0.3) is 0 Å². The van der Waals surface area contributed by atoms with Crippen molar-refractivity contribution >= 4 is 5.97 Å². The van der Waals surface area contributed by atoms with Gasteiger partial charge in [-0.3, -0.25) is 0 Å². The van der Waals surface area contributed by atoms with E-state index in [-0.39, 0.29) is 13.2 Å². The summed E-state index contributed by atoms with van der Waals surface area (Å²) < 4.78 is 10.8. The summed E-state index contributed by atoms with van der Waals surface area (Å²) in [6.45, 7) is 3.86. The van der Waals surface area contributed by atoms with Crippen molar-refractivity contribution < 1.29 is 14.3 Å². The molecule has 0 bridgehead atoms. The van der Waals surface area contributed by atoms with Crippen LogP contribution in [0.2, 0.25) is 0 Å². The SMILES string of the molecule is C=CC(=O)OCCOc1ccc(C2(c3ccccc3)c3ccccc3-c3ccccc32)cc1. The first-order chi connectivity index (χ1) is 16.2. The Bertz CT molecular complexity index is 1240. The number of rotatable bonds is 7. The van der Waals surface area contributed by atoms with Gasteiger partial charge in [-0.25, -0.2) is 4.79 Å². The van der Waals surface area contributed by atoms with Gasteiger partial charge in [-0.1, -0.05) is 97.6 Å². The smallest absolute Gasteiger partial charge is 0.330 e. The lowest BCUT2D eigenvalue weighted by atomic mass is 9.68. The fourth-order valence-electron chi connectivity index (χ4n) is 4.87. The summed E-state index contributed by atoms with van der Waals surface area (Å²) in [4.78, 5) is 11.2. The largest absolute Gasteiger partial charge is 0.490 e. The van der Waals surface area contributed by atoms with Crippen LogP contribution in [0.5, 0.6) is 5.75 Å². The lowest BCUT2D eigenvalue weighted by Crippen LogP contribution is -2.28. The zero-order valence-electron chi connectivity index (χ0n) is 18.2. The molecule has 0 heterocycles. The van der Waals surface area contributed by atoms with E-state index in [1.165, 1.54) is 33.4 Å². The minimum atomic E-state index is -0.447. The molecule has 1 aliphatic rings. The van der Waals surface area contributed by atoms with Crippen LogP contribution in [0.4, 0.5) is 0 Å². The average molecular weight is 433 g/mol. The van der Waals surface area contributed by atoms with Gasteiger partial charge in [-0.05, 0) is 45.5 Å². The predicted octanol–water partition coefficient (Wildman–Crippen LogP) is 6.16. The molecule has 0 spiro atoms. The fourth-order valence-corrected chi connectivity index (χ4v) is 4.87. The number of esters is 1. The van der Waals surface area contributed by atoms with Gasteiger partial charge in [-0.2, -0.15) is 0 Å². The van der Waals surface area contributed by atoms with Crippen molar-refractivity contribution in [1.82, 2.24) is 0 Å². The van der Waals surface area contributed by atoms with Gasteiger partial charge in [-0.15, -0.1) is 0 Å². The van der Waals surface area contributed by atoms with Crippen molar-refractivity contribution in [2.24, 2.45) is 0 Å². The quantitative estimate of drug-likeness (QED) is 0.176. The molecule has 4 aromatic carbocycles. The molecule has 4 aromatic rings. The van der Waals surface area contributed by atoms with E-state index in [2.05, 4.69) is 97.6 Å². The minimum Gasteiger partial charge on any atom is -0.490 e. The van der Waals surface area contributed by atoms with Crippen molar-refractivity contribution in [3.8, 4) is 16.9 Å². The van der Waals surface area contributed by atoms with Crippen LogP contribution in [0.1, 0.15) is 22.3 Å². The van der Waals surface area contributed by atoms with E-state index in [9.17, 15) is 4.79 Å². The zero-order valence-corrected chi connectivity index (χ0v) is 18.2. The van der Waals surface area contributed by atoms with E-state index in [4.69, 9.17) is 9.47 Å². The number of hydrogen-bond acceptors (Lipinski definition) is 3. The molecule has 0 saturated heterocycles. The molecule has 0 fully saturated rings. The van der Waals surface area contributed by atoms with Gasteiger partial charge in [0.2, 0.25) is 0 Å². The lowest BCUT2D eigenvalue weighted by molar-refractivity contribution is -0.138. The van der Waals surface area contributed by atoms with Gasteiger partial charge in [0, 0.05) is 6.08 Å². The highest BCUT2D eigenvalue weighted by Gasteiger charge is 2.45. The number of benzene rings is 4. The van der Waals surface area contributed by atoms with Gasteiger partial charge >= 0.3 is 5.97 Å².